The zero-order valence-corrected chi connectivity index (χ0v) is 17.4. The van der Waals surface area contributed by atoms with Gasteiger partial charge in [0.05, 0.1) is 38.6 Å². The molecule has 0 spiro atoms. The molecule has 1 aromatic heterocycles. The second kappa shape index (κ2) is 8.58. The van der Waals surface area contributed by atoms with Crippen molar-refractivity contribution in [1.29, 1.82) is 0 Å². The fraction of sp³-hybridized carbons (Fsp3) is 0.167. The summed E-state index contributed by atoms with van der Waals surface area (Å²) >= 11 is 0. The van der Waals surface area contributed by atoms with E-state index in [4.69, 9.17) is 13.9 Å². The molecule has 4 rings (SSSR count). The smallest absolute Gasteiger partial charge is 0.296 e. The molecule has 3 aromatic rings. The summed E-state index contributed by atoms with van der Waals surface area (Å²) in [7, 11) is 2.90. The standard InChI is InChI=1S/C24H20FNO6/c1-30-18-10-9-14(12-19(18)31-2)22(27)20-21(16-7-3-4-8-17(16)25)26(24(29)23(20)28)13-15-6-5-11-32-15/h3-12,21,27H,13H2,1-2H3/b22-20+. The predicted molar refractivity (Wildman–Crippen MR) is 113 cm³/mol. The molecule has 0 saturated carbocycles. The van der Waals surface area contributed by atoms with E-state index in [1.165, 1.54) is 55.7 Å². The highest BCUT2D eigenvalue weighted by Gasteiger charge is 2.47. The summed E-state index contributed by atoms with van der Waals surface area (Å²) in [5.41, 5.74) is 0.0825. The van der Waals surface area contributed by atoms with E-state index < -0.39 is 29.3 Å². The molecule has 2 heterocycles. The maximum Gasteiger partial charge on any atom is 0.296 e. The van der Waals surface area contributed by atoms with Gasteiger partial charge in [0, 0.05) is 11.1 Å². The van der Waals surface area contributed by atoms with Crippen molar-refractivity contribution in [1.82, 2.24) is 4.90 Å². The normalized spacial score (nSPS) is 17.6. The van der Waals surface area contributed by atoms with Crippen LogP contribution in [0.2, 0.25) is 0 Å². The highest BCUT2D eigenvalue weighted by Crippen LogP contribution is 2.42. The van der Waals surface area contributed by atoms with E-state index in [0.717, 1.165) is 0 Å². The molecule has 0 aliphatic carbocycles. The van der Waals surface area contributed by atoms with Crippen molar-refractivity contribution in [2.75, 3.05) is 14.2 Å². The van der Waals surface area contributed by atoms with E-state index >= 15 is 0 Å². The molecule has 1 amide bonds. The van der Waals surface area contributed by atoms with Crippen molar-refractivity contribution in [2.24, 2.45) is 0 Å². The number of ether oxygens (including phenoxy) is 2. The molecule has 7 nitrogen and oxygen atoms in total. The van der Waals surface area contributed by atoms with Crippen LogP contribution in [0.5, 0.6) is 11.5 Å². The molecular formula is C24H20FNO6. The average Bonchev–Trinajstić information content (AvgIpc) is 3.41. The Bertz CT molecular complexity index is 1200. The minimum atomic E-state index is -1.14. The highest BCUT2D eigenvalue weighted by atomic mass is 19.1. The lowest BCUT2D eigenvalue weighted by Crippen LogP contribution is -2.29. The summed E-state index contributed by atoms with van der Waals surface area (Å²) in [6.07, 6.45) is 1.44. The molecule has 32 heavy (non-hydrogen) atoms. The molecule has 0 radical (unpaired) electrons. The van der Waals surface area contributed by atoms with Crippen LogP contribution >= 0.6 is 0 Å². The van der Waals surface area contributed by atoms with Gasteiger partial charge in [0.15, 0.2) is 11.5 Å². The zero-order valence-electron chi connectivity index (χ0n) is 17.4. The van der Waals surface area contributed by atoms with Crippen LogP contribution in [0, 0.1) is 5.82 Å². The van der Waals surface area contributed by atoms with E-state index in [-0.39, 0.29) is 23.2 Å². The summed E-state index contributed by atoms with van der Waals surface area (Å²) in [4.78, 5) is 27.1. The SMILES string of the molecule is COc1ccc(/C(O)=C2\C(=O)C(=O)N(Cc3ccco3)C2c2ccccc2F)cc1OC. The van der Waals surface area contributed by atoms with E-state index in [9.17, 15) is 19.1 Å². The molecule has 1 N–H and O–H groups in total. The monoisotopic (exact) mass is 437 g/mol. The number of nitrogens with zero attached hydrogens (tertiary/aromatic N) is 1. The van der Waals surface area contributed by atoms with Gasteiger partial charge in [-0.15, -0.1) is 0 Å². The molecular weight excluding hydrogens is 417 g/mol. The summed E-state index contributed by atoms with van der Waals surface area (Å²) in [6.45, 7) is -0.0702. The first-order valence-corrected chi connectivity index (χ1v) is 9.74. The van der Waals surface area contributed by atoms with E-state index in [0.29, 0.717) is 17.3 Å². The van der Waals surface area contributed by atoms with Gasteiger partial charge in [0.2, 0.25) is 0 Å². The number of hydrogen-bond donors (Lipinski definition) is 1. The Balaban J connectivity index is 1.89. The van der Waals surface area contributed by atoms with E-state index in [2.05, 4.69) is 0 Å². The zero-order chi connectivity index (χ0) is 22.8. The number of carbonyl (C=O) groups excluding carboxylic acids is 2. The largest absolute Gasteiger partial charge is 0.507 e. The lowest BCUT2D eigenvalue weighted by molar-refractivity contribution is -0.140. The highest BCUT2D eigenvalue weighted by molar-refractivity contribution is 6.46. The minimum Gasteiger partial charge on any atom is -0.507 e. The third-order valence-corrected chi connectivity index (χ3v) is 5.30. The Hall–Kier alpha value is -4.07. The van der Waals surface area contributed by atoms with Crippen molar-refractivity contribution >= 4 is 17.4 Å². The van der Waals surface area contributed by atoms with Gasteiger partial charge < -0.3 is 23.9 Å². The Labute approximate surface area is 183 Å². The van der Waals surface area contributed by atoms with E-state index in [1.54, 1.807) is 24.3 Å². The number of amides is 1. The van der Waals surface area contributed by atoms with Crippen LogP contribution in [0.3, 0.4) is 0 Å². The van der Waals surface area contributed by atoms with Gasteiger partial charge in [0.25, 0.3) is 11.7 Å². The van der Waals surface area contributed by atoms with Crippen molar-refractivity contribution in [3.05, 3.63) is 89.1 Å². The summed E-state index contributed by atoms with van der Waals surface area (Å²) in [5.74, 6) is -1.67. The number of Topliss-reactive ketones (excluding diaryl/α,β-unsaturated/α-hetero) is 1. The van der Waals surface area contributed by atoms with Crippen molar-refractivity contribution < 1.29 is 33.0 Å². The lowest BCUT2D eigenvalue weighted by Gasteiger charge is -2.24. The number of aliphatic hydroxyl groups excluding tert-OH is 1. The molecule has 164 valence electrons. The number of ketones is 1. The number of carbonyl (C=O) groups is 2. The second-order valence-corrected chi connectivity index (χ2v) is 7.10. The number of aliphatic hydroxyl groups is 1. The summed E-state index contributed by atoms with van der Waals surface area (Å²) in [5, 5.41) is 11.1. The van der Waals surface area contributed by atoms with Crippen LogP contribution in [0.15, 0.2) is 70.9 Å². The first kappa shape index (κ1) is 21.2. The third-order valence-electron chi connectivity index (χ3n) is 5.30. The number of likely N-dealkylation sites (tertiary alicyclic amines) is 1. The fourth-order valence-electron chi connectivity index (χ4n) is 3.77. The first-order chi connectivity index (χ1) is 15.5. The molecule has 1 unspecified atom stereocenters. The maximum atomic E-state index is 14.8. The van der Waals surface area contributed by atoms with Gasteiger partial charge in [0.1, 0.15) is 17.3 Å². The van der Waals surface area contributed by atoms with E-state index in [1.807, 2.05) is 0 Å². The molecule has 1 aliphatic rings. The maximum absolute atomic E-state index is 14.8. The number of benzene rings is 2. The first-order valence-electron chi connectivity index (χ1n) is 9.74. The number of rotatable bonds is 6. The van der Waals surface area contributed by atoms with Crippen LogP contribution in [0.1, 0.15) is 22.9 Å². The Morgan fingerprint density at radius 1 is 1.06 bits per heavy atom. The topological polar surface area (TPSA) is 89.2 Å². The third kappa shape index (κ3) is 3.60. The Morgan fingerprint density at radius 2 is 1.81 bits per heavy atom. The number of halogens is 1. The quantitative estimate of drug-likeness (QED) is 0.355. The van der Waals surface area contributed by atoms with Gasteiger partial charge in [-0.2, -0.15) is 0 Å². The molecule has 8 heteroatoms. The van der Waals surface area contributed by atoms with Gasteiger partial charge in [-0.1, -0.05) is 18.2 Å². The average molecular weight is 437 g/mol. The van der Waals surface area contributed by atoms with Gasteiger partial charge >= 0.3 is 0 Å². The van der Waals surface area contributed by atoms with Crippen molar-refractivity contribution in [3.8, 4) is 11.5 Å². The van der Waals surface area contributed by atoms with Crippen LogP contribution in [0.25, 0.3) is 5.76 Å². The summed E-state index contributed by atoms with van der Waals surface area (Å²) in [6, 6.07) is 12.5. The summed E-state index contributed by atoms with van der Waals surface area (Å²) < 4.78 is 30.6. The molecule has 0 bridgehead atoms. The van der Waals surface area contributed by atoms with Crippen molar-refractivity contribution in [2.45, 2.75) is 12.6 Å². The molecule has 1 fully saturated rings. The van der Waals surface area contributed by atoms with Crippen LogP contribution in [-0.2, 0) is 16.1 Å². The Morgan fingerprint density at radius 3 is 2.47 bits per heavy atom. The number of hydrogen-bond acceptors (Lipinski definition) is 6. The number of methoxy groups -OCH3 is 2. The molecule has 1 aliphatic heterocycles. The van der Waals surface area contributed by atoms with Gasteiger partial charge in [-0.25, -0.2) is 4.39 Å². The van der Waals surface area contributed by atoms with Crippen LogP contribution < -0.4 is 9.47 Å². The minimum absolute atomic E-state index is 0.0702. The Kier molecular flexibility index (Phi) is 5.68. The van der Waals surface area contributed by atoms with Gasteiger partial charge in [-0.05, 0) is 36.4 Å². The van der Waals surface area contributed by atoms with Crippen LogP contribution in [0.4, 0.5) is 4.39 Å². The van der Waals surface area contributed by atoms with Gasteiger partial charge in [-0.3, -0.25) is 9.59 Å². The molecule has 1 saturated heterocycles. The fourth-order valence-corrected chi connectivity index (χ4v) is 3.77. The second-order valence-electron chi connectivity index (χ2n) is 7.10. The molecule has 2 aromatic carbocycles. The lowest BCUT2D eigenvalue weighted by atomic mass is 9.94. The van der Waals surface area contributed by atoms with Crippen molar-refractivity contribution in [3.63, 3.8) is 0 Å². The number of furan rings is 1. The molecule has 1 atom stereocenters. The predicted octanol–water partition coefficient (Wildman–Crippen LogP) is 4.06. The van der Waals surface area contributed by atoms with Crippen LogP contribution in [-0.4, -0.2) is 35.9 Å².